The zero-order chi connectivity index (χ0) is 18.2. The molecule has 0 aliphatic carbocycles. The van der Waals surface area contributed by atoms with Crippen molar-refractivity contribution in [2.24, 2.45) is 5.92 Å². The number of hydrogen-bond acceptors (Lipinski definition) is 3. The fraction of sp³-hybridized carbons (Fsp3) is 0.381. The molecule has 0 saturated carbocycles. The Balaban J connectivity index is 1.84. The standard InChI is InChI=1S/C21H27NO3/c1-15-5-7-17(8-6-15)11-12-22-21(23)16(2)13-18-9-10-19(24-3)20(14-18)25-4/h5-10,14,16H,11-13H2,1-4H3,(H,22,23). The van der Waals surface area contributed by atoms with Gasteiger partial charge in [0.2, 0.25) is 5.91 Å². The molecule has 1 unspecified atom stereocenters. The molecule has 0 spiro atoms. The molecule has 2 aromatic rings. The molecule has 4 heteroatoms. The van der Waals surface area contributed by atoms with Gasteiger partial charge in [0.1, 0.15) is 0 Å². The zero-order valence-electron chi connectivity index (χ0n) is 15.5. The summed E-state index contributed by atoms with van der Waals surface area (Å²) in [6.07, 6.45) is 1.51. The van der Waals surface area contributed by atoms with Gasteiger partial charge in [-0.25, -0.2) is 0 Å². The summed E-state index contributed by atoms with van der Waals surface area (Å²) in [5.74, 6) is 1.35. The maximum Gasteiger partial charge on any atom is 0.223 e. The molecule has 2 rings (SSSR count). The van der Waals surface area contributed by atoms with Crippen LogP contribution in [0.2, 0.25) is 0 Å². The molecular weight excluding hydrogens is 314 g/mol. The van der Waals surface area contributed by atoms with Crippen LogP contribution in [0.5, 0.6) is 11.5 Å². The van der Waals surface area contributed by atoms with Crippen LogP contribution in [0, 0.1) is 12.8 Å². The van der Waals surface area contributed by atoms with E-state index in [1.165, 1.54) is 11.1 Å². The van der Waals surface area contributed by atoms with E-state index in [-0.39, 0.29) is 11.8 Å². The number of benzene rings is 2. The van der Waals surface area contributed by atoms with Crippen molar-refractivity contribution < 1.29 is 14.3 Å². The summed E-state index contributed by atoms with van der Waals surface area (Å²) in [6, 6.07) is 14.2. The molecule has 1 amide bonds. The van der Waals surface area contributed by atoms with Gasteiger partial charge in [-0.05, 0) is 43.0 Å². The third-order valence-electron chi connectivity index (χ3n) is 4.27. The van der Waals surface area contributed by atoms with Gasteiger partial charge in [-0.1, -0.05) is 42.8 Å². The molecule has 0 aliphatic rings. The highest BCUT2D eigenvalue weighted by molar-refractivity contribution is 5.78. The monoisotopic (exact) mass is 341 g/mol. The minimum atomic E-state index is -0.101. The molecule has 0 fully saturated rings. The molecular formula is C21H27NO3. The molecule has 4 nitrogen and oxygen atoms in total. The van der Waals surface area contributed by atoms with E-state index >= 15 is 0 Å². The number of amides is 1. The fourth-order valence-electron chi connectivity index (χ4n) is 2.71. The second-order valence-electron chi connectivity index (χ2n) is 6.32. The van der Waals surface area contributed by atoms with Gasteiger partial charge in [-0.15, -0.1) is 0 Å². The van der Waals surface area contributed by atoms with Gasteiger partial charge >= 0.3 is 0 Å². The van der Waals surface area contributed by atoms with Crippen molar-refractivity contribution >= 4 is 5.91 Å². The first-order chi connectivity index (χ1) is 12.0. The Morgan fingerprint density at radius 1 is 1.00 bits per heavy atom. The van der Waals surface area contributed by atoms with Crippen LogP contribution < -0.4 is 14.8 Å². The Hall–Kier alpha value is -2.49. The quantitative estimate of drug-likeness (QED) is 0.799. The van der Waals surface area contributed by atoms with Crippen LogP contribution in [-0.2, 0) is 17.6 Å². The average Bonchev–Trinajstić information content (AvgIpc) is 2.63. The molecule has 0 bridgehead atoms. The van der Waals surface area contributed by atoms with Crippen LogP contribution >= 0.6 is 0 Å². The van der Waals surface area contributed by atoms with E-state index in [0.29, 0.717) is 24.5 Å². The van der Waals surface area contributed by atoms with Gasteiger partial charge in [0.05, 0.1) is 14.2 Å². The number of carbonyl (C=O) groups is 1. The van der Waals surface area contributed by atoms with Crippen LogP contribution in [-0.4, -0.2) is 26.7 Å². The number of aryl methyl sites for hydroxylation is 1. The molecule has 0 heterocycles. The molecule has 1 N–H and O–H groups in total. The lowest BCUT2D eigenvalue weighted by Gasteiger charge is -2.14. The van der Waals surface area contributed by atoms with Gasteiger partial charge in [0, 0.05) is 12.5 Å². The molecule has 2 aromatic carbocycles. The van der Waals surface area contributed by atoms with Crippen molar-refractivity contribution in [3.05, 3.63) is 59.2 Å². The first-order valence-corrected chi connectivity index (χ1v) is 8.57. The minimum absolute atomic E-state index is 0.0712. The third kappa shape index (κ3) is 5.52. The summed E-state index contributed by atoms with van der Waals surface area (Å²) in [6.45, 7) is 4.66. The normalized spacial score (nSPS) is 11.7. The maximum absolute atomic E-state index is 12.3. The molecule has 0 radical (unpaired) electrons. The van der Waals surface area contributed by atoms with Crippen LogP contribution in [0.15, 0.2) is 42.5 Å². The fourth-order valence-corrected chi connectivity index (χ4v) is 2.71. The average molecular weight is 341 g/mol. The predicted molar refractivity (Wildman–Crippen MR) is 100 cm³/mol. The summed E-state index contributed by atoms with van der Waals surface area (Å²) in [7, 11) is 3.23. The minimum Gasteiger partial charge on any atom is -0.493 e. The van der Waals surface area contributed by atoms with Crippen LogP contribution in [0.25, 0.3) is 0 Å². The molecule has 1 atom stereocenters. The highest BCUT2D eigenvalue weighted by atomic mass is 16.5. The second-order valence-corrected chi connectivity index (χ2v) is 6.32. The maximum atomic E-state index is 12.3. The molecule has 0 saturated heterocycles. The highest BCUT2D eigenvalue weighted by Gasteiger charge is 2.14. The van der Waals surface area contributed by atoms with Crippen molar-refractivity contribution in [2.75, 3.05) is 20.8 Å². The Morgan fingerprint density at radius 3 is 2.28 bits per heavy atom. The molecule has 0 aliphatic heterocycles. The lowest BCUT2D eigenvalue weighted by Crippen LogP contribution is -2.31. The number of carbonyl (C=O) groups excluding carboxylic acids is 1. The van der Waals surface area contributed by atoms with Crippen molar-refractivity contribution in [1.29, 1.82) is 0 Å². The van der Waals surface area contributed by atoms with Gasteiger partial charge in [0.15, 0.2) is 11.5 Å². The first-order valence-electron chi connectivity index (χ1n) is 8.57. The largest absolute Gasteiger partial charge is 0.493 e. The summed E-state index contributed by atoms with van der Waals surface area (Å²) < 4.78 is 10.6. The van der Waals surface area contributed by atoms with Crippen LogP contribution in [0.4, 0.5) is 0 Å². The third-order valence-corrected chi connectivity index (χ3v) is 4.27. The lowest BCUT2D eigenvalue weighted by atomic mass is 10.00. The van der Waals surface area contributed by atoms with Crippen molar-refractivity contribution in [3.8, 4) is 11.5 Å². The molecule has 25 heavy (non-hydrogen) atoms. The van der Waals surface area contributed by atoms with E-state index in [4.69, 9.17) is 9.47 Å². The van der Waals surface area contributed by atoms with Crippen molar-refractivity contribution in [2.45, 2.75) is 26.7 Å². The molecule has 0 aromatic heterocycles. The summed E-state index contributed by atoms with van der Waals surface area (Å²) in [4.78, 5) is 12.3. The van der Waals surface area contributed by atoms with Crippen molar-refractivity contribution in [1.82, 2.24) is 5.32 Å². The van der Waals surface area contributed by atoms with Crippen LogP contribution in [0.1, 0.15) is 23.6 Å². The van der Waals surface area contributed by atoms with Gasteiger partial charge in [-0.2, -0.15) is 0 Å². The van der Waals surface area contributed by atoms with Gasteiger partial charge in [-0.3, -0.25) is 4.79 Å². The summed E-state index contributed by atoms with van der Waals surface area (Å²) in [5, 5.41) is 3.02. The van der Waals surface area contributed by atoms with Crippen LogP contribution in [0.3, 0.4) is 0 Å². The number of nitrogens with one attached hydrogen (secondary N) is 1. The highest BCUT2D eigenvalue weighted by Crippen LogP contribution is 2.28. The Bertz CT molecular complexity index is 695. The molecule has 134 valence electrons. The van der Waals surface area contributed by atoms with E-state index in [1.807, 2.05) is 25.1 Å². The van der Waals surface area contributed by atoms with E-state index < -0.39 is 0 Å². The number of methoxy groups -OCH3 is 2. The van der Waals surface area contributed by atoms with Gasteiger partial charge in [0.25, 0.3) is 0 Å². The van der Waals surface area contributed by atoms with E-state index in [0.717, 1.165) is 12.0 Å². The number of ether oxygens (including phenoxy) is 2. The topological polar surface area (TPSA) is 47.6 Å². The number of rotatable bonds is 8. The predicted octanol–water partition coefficient (Wildman–Crippen LogP) is 3.55. The van der Waals surface area contributed by atoms with E-state index in [9.17, 15) is 4.79 Å². The van der Waals surface area contributed by atoms with Gasteiger partial charge < -0.3 is 14.8 Å². The van der Waals surface area contributed by atoms with E-state index in [1.54, 1.807) is 14.2 Å². The van der Waals surface area contributed by atoms with Crippen molar-refractivity contribution in [3.63, 3.8) is 0 Å². The Labute approximate surface area is 150 Å². The number of hydrogen-bond donors (Lipinski definition) is 1. The first kappa shape index (κ1) is 18.8. The SMILES string of the molecule is COc1ccc(CC(C)C(=O)NCCc2ccc(C)cc2)cc1OC. The summed E-state index contributed by atoms with van der Waals surface area (Å²) in [5.41, 5.74) is 3.54. The zero-order valence-corrected chi connectivity index (χ0v) is 15.5. The second kappa shape index (κ2) is 9.11. The summed E-state index contributed by atoms with van der Waals surface area (Å²) >= 11 is 0. The Kier molecular flexibility index (Phi) is 6.87. The lowest BCUT2D eigenvalue weighted by molar-refractivity contribution is -0.124. The Morgan fingerprint density at radius 2 is 1.64 bits per heavy atom. The smallest absolute Gasteiger partial charge is 0.223 e. The van der Waals surface area contributed by atoms with E-state index in [2.05, 4.69) is 36.5 Å².